The van der Waals surface area contributed by atoms with Crippen LogP contribution in [0.5, 0.6) is 0 Å². The van der Waals surface area contributed by atoms with E-state index in [1.807, 2.05) is 0 Å². The molecule has 1 aromatic heterocycles. The molecule has 0 bridgehead atoms. The SMILES string of the molecule is COCCN1C(C(=O)Nc2cccc(C(F)(F)F)n2)=CC(C2CCC(F)(F)CC2)=NS1(=O)=O. The fourth-order valence-electron chi connectivity index (χ4n) is 3.50. The van der Waals surface area contributed by atoms with E-state index < -0.39 is 64.2 Å². The van der Waals surface area contributed by atoms with Gasteiger partial charge in [0.2, 0.25) is 5.92 Å². The van der Waals surface area contributed by atoms with Crippen molar-refractivity contribution in [3.8, 4) is 0 Å². The Bertz CT molecular complexity index is 1060. The van der Waals surface area contributed by atoms with Gasteiger partial charge in [-0.05, 0) is 31.1 Å². The molecule has 2 aliphatic rings. The zero-order valence-corrected chi connectivity index (χ0v) is 18.2. The van der Waals surface area contributed by atoms with E-state index in [9.17, 15) is 35.2 Å². The number of aromatic nitrogens is 1. The van der Waals surface area contributed by atoms with Gasteiger partial charge in [-0.3, -0.25) is 4.79 Å². The first-order valence-corrected chi connectivity index (χ1v) is 11.3. The maximum absolute atomic E-state index is 13.5. The maximum Gasteiger partial charge on any atom is 0.433 e. The molecular formula is C19H21F5N4O4S. The van der Waals surface area contributed by atoms with Gasteiger partial charge in [0.05, 0.1) is 18.9 Å². The van der Waals surface area contributed by atoms with Crippen LogP contribution in [0.3, 0.4) is 0 Å². The van der Waals surface area contributed by atoms with E-state index in [4.69, 9.17) is 4.74 Å². The Hall–Kier alpha value is -2.61. The molecule has 1 amide bonds. The van der Waals surface area contributed by atoms with E-state index in [1.54, 1.807) is 0 Å². The van der Waals surface area contributed by atoms with Crippen molar-refractivity contribution in [1.29, 1.82) is 0 Å². The number of ether oxygens (including phenoxy) is 1. The monoisotopic (exact) mass is 496 g/mol. The van der Waals surface area contributed by atoms with Crippen molar-refractivity contribution >= 4 is 27.6 Å². The molecular weight excluding hydrogens is 475 g/mol. The Morgan fingerprint density at radius 2 is 1.94 bits per heavy atom. The normalized spacial score (nSPS) is 20.7. The quantitative estimate of drug-likeness (QED) is 0.609. The lowest BCUT2D eigenvalue weighted by atomic mass is 9.83. The summed E-state index contributed by atoms with van der Waals surface area (Å²) in [6.07, 6.45) is -4.54. The van der Waals surface area contributed by atoms with Gasteiger partial charge in [0.25, 0.3) is 5.91 Å². The number of halogens is 5. The summed E-state index contributed by atoms with van der Waals surface area (Å²) in [6, 6.07) is 2.87. The van der Waals surface area contributed by atoms with Crippen molar-refractivity contribution in [3.63, 3.8) is 0 Å². The summed E-state index contributed by atoms with van der Waals surface area (Å²) in [4.78, 5) is 16.2. The Labute approximate surface area is 186 Å². The van der Waals surface area contributed by atoms with Crippen molar-refractivity contribution in [2.45, 2.75) is 37.8 Å². The molecule has 0 saturated heterocycles. The number of amides is 1. The molecule has 3 rings (SSSR count). The lowest BCUT2D eigenvalue weighted by Gasteiger charge is -2.32. The number of alkyl halides is 5. The fourth-order valence-corrected chi connectivity index (χ4v) is 4.76. The highest BCUT2D eigenvalue weighted by atomic mass is 32.2. The zero-order chi connectivity index (χ0) is 24.4. The van der Waals surface area contributed by atoms with Crippen LogP contribution in [0.4, 0.5) is 27.8 Å². The molecule has 0 spiro atoms. The highest BCUT2D eigenvalue weighted by molar-refractivity contribution is 7.88. The predicted molar refractivity (Wildman–Crippen MR) is 108 cm³/mol. The number of hydrogen-bond acceptors (Lipinski definition) is 5. The van der Waals surface area contributed by atoms with Gasteiger partial charge >= 0.3 is 16.4 Å². The Kier molecular flexibility index (Phi) is 7.07. The molecule has 14 heteroatoms. The summed E-state index contributed by atoms with van der Waals surface area (Å²) in [6.45, 7) is -0.403. The Morgan fingerprint density at radius 1 is 1.27 bits per heavy atom. The van der Waals surface area contributed by atoms with Gasteiger partial charge in [-0.1, -0.05) is 6.07 Å². The molecule has 0 radical (unpaired) electrons. The Morgan fingerprint density at radius 3 is 2.55 bits per heavy atom. The molecule has 0 aromatic carbocycles. The number of anilines is 1. The van der Waals surface area contributed by atoms with Gasteiger partial charge in [-0.15, -0.1) is 4.40 Å². The van der Waals surface area contributed by atoms with Gasteiger partial charge in [0.15, 0.2) is 0 Å². The number of methoxy groups -OCH3 is 1. The summed E-state index contributed by atoms with van der Waals surface area (Å²) < 4.78 is 101. The third kappa shape index (κ3) is 6.05. The van der Waals surface area contributed by atoms with Gasteiger partial charge in [-0.2, -0.15) is 21.6 Å². The second-order valence-electron chi connectivity index (χ2n) is 7.58. The number of hydrogen-bond donors (Lipinski definition) is 1. The minimum absolute atomic E-state index is 0.0278. The van der Waals surface area contributed by atoms with Gasteiger partial charge in [0, 0.05) is 25.9 Å². The minimum Gasteiger partial charge on any atom is -0.383 e. The first kappa shape index (κ1) is 25.0. The number of nitrogens with zero attached hydrogens (tertiary/aromatic N) is 3. The molecule has 1 fully saturated rings. The molecule has 0 unspecified atom stereocenters. The predicted octanol–water partition coefficient (Wildman–Crippen LogP) is 3.40. The van der Waals surface area contributed by atoms with Crippen molar-refractivity contribution in [1.82, 2.24) is 9.29 Å². The number of allylic oxidation sites excluding steroid dienone is 1. The molecule has 2 heterocycles. The largest absolute Gasteiger partial charge is 0.433 e. The number of carbonyl (C=O) groups excluding carboxylic acids is 1. The molecule has 1 saturated carbocycles. The van der Waals surface area contributed by atoms with E-state index in [0.717, 1.165) is 18.2 Å². The molecule has 1 aliphatic heterocycles. The summed E-state index contributed by atoms with van der Waals surface area (Å²) in [7, 11) is -3.11. The van der Waals surface area contributed by atoms with Crippen molar-refractivity contribution in [2.24, 2.45) is 10.3 Å². The standard InChI is InChI=1S/C19H21F5N4O4S/c1-32-10-9-28-14(17(29)26-16-4-2-3-15(25-16)19(22,23)24)11-13(27-33(28,30)31)12-5-7-18(20,21)8-6-12/h2-4,11-12H,5-10H2,1H3,(H,25,26,29). The second-order valence-corrected chi connectivity index (χ2v) is 9.10. The molecule has 33 heavy (non-hydrogen) atoms. The Balaban J connectivity index is 1.92. The van der Waals surface area contributed by atoms with Gasteiger partial charge in [-0.25, -0.2) is 18.1 Å². The van der Waals surface area contributed by atoms with Crippen molar-refractivity contribution in [2.75, 3.05) is 25.6 Å². The van der Waals surface area contributed by atoms with Crippen LogP contribution < -0.4 is 5.32 Å². The van der Waals surface area contributed by atoms with Crippen LogP contribution in [0.25, 0.3) is 0 Å². The molecule has 0 atom stereocenters. The summed E-state index contributed by atoms with van der Waals surface area (Å²) in [5, 5.41) is 2.16. The minimum atomic E-state index is -4.75. The second kappa shape index (κ2) is 9.33. The van der Waals surface area contributed by atoms with Crippen molar-refractivity contribution in [3.05, 3.63) is 35.7 Å². The van der Waals surface area contributed by atoms with E-state index in [1.165, 1.54) is 7.11 Å². The van der Waals surface area contributed by atoms with Crippen LogP contribution in [0.2, 0.25) is 0 Å². The van der Waals surface area contributed by atoms with Gasteiger partial charge in [0.1, 0.15) is 17.2 Å². The highest BCUT2D eigenvalue weighted by Gasteiger charge is 2.40. The summed E-state index contributed by atoms with van der Waals surface area (Å²) in [5.41, 5.74) is -1.72. The summed E-state index contributed by atoms with van der Waals surface area (Å²) in [5.74, 6) is -4.96. The lowest BCUT2D eigenvalue weighted by Crippen LogP contribution is -2.41. The highest BCUT2D eigenvalue weighted by Crippen LogP contribution is 2.38. The lowest BCUT2D eigenvalue weighted by molar-refractivity contribution is -0.141. The molecule has 182 valence electrons. The van der Waals surface area contributed by atoms with Crippen LogP contribution in [-0.4, -0.2) is 55.5 Å². The van der Waals surface area contributed by atoms with Crippen LogP contribution in [0, 0.1) is 5.92 Å². The molecule has 8 nitrogen and oxygen atoms in total. The molecule has 1 aromatic rings. The van der Waals surface area contributed by atoms with E-state index in [-0.39, 0.29) is 31.7 Å². The number of pyridine rings is 1. The van der Waals surface area contributed by atoms with Crippen molar-refractivity contribution < 1.29 is 39.9 Å². The molecule has 1 N–H and O–H groups in total. The number of rotatable bonds is 6. The fraction of sp³-hybridized carbons (Fsp3) is 0.526. The third-order valence-corrected chi connectivity index (χ3v) is 6.58. The van der Waals surface area contributed by atoms with E-state index in [2.05, 4.69) is 14.7 Å². The summed E-state index contributed by atoms with van der Waals surface area (Å²) >= 11 is 0. The third-order valence-electron chi connectivity index (χ3n) is 5.20. The molecule has 1 aliphatic carbocycles. The number of carbonyl (C=O) groups is 1. The average molecular weight is 496 g/mol. The average Bonchev–Trinajstić information content (AvgIpc) is 2.71. The van der Waals surface area contributed by atoms with Crippen LogP contribution in [-0.2, 0) is 25.9 Å². The van der Waals surface area contributed by atoms with Crippen LogP contribution >= 0.6 is 0 Å². The van der Waals surface area contributed by atoms with E-state index >= 15 is 0 Å². The maximum atomic E-state index is 13.5. The van der Waals surface area contributed by atoms with E-state index in [0.29, 0.717) is 10.4 Å². The number of nitrogens with one attached hydrogen (secondary N) is 1. The van der Waals surface area contributed by atoms with Crippen LogP contribution in [0.1, 0.15) is 31.4 Å². The smallest absolute Gasteiger partial charge is 0.383 e. The topological polar surface area (TPSA) is 101 Å². The van der Waals surface area contributed by atoms with Gasteiger partial charge < -0.3 is 10.1 Å². The first-order valence-electron chi connectivity index (χ1n) is 9.89. The van der Waals surface area contributed by atoms with Crippen LogP contribution in [0.15, 0.2) is 34.4 Å². The first-order chi connectivity index (χ1) is 15.3. The zero-order valence-electron chi connectivity index (χ0n) is 17.4.